The van der Waals surface area contributed by atoms with Gasteiger partial charge >= 0.3 is 24.0 Å². The largest absolute Gasteiger partial charge is 0.463 e. The standard InChI is InChI=1S/C23H31N5O9/c1-7-15(31)36-17-14(9-33-11(2)29)35-21(18(17)34-12(3)30)28-8-13(27-22(32)37-23(4,5)6)16-19(24)25-10-26-20(16)28/h8,10,14,17-18,21H,7,9H2,1-6H3,(H,27,32)(H2,24,25,26)/t14-,17-,18-,21-/m1/s1. The quantitative estimate of drug-likeness (QED) is 0.400. The van der Waals surface area contributed by atoms with Crippen LogP contribution in [0, 0.1) is 0 Å². The van der Waals surface area contributed by atoms with Gasteiger partial charge in [0.1, 0.15) is 36.1 Å². The van der Waals surface area contributed by atoms with Gasteiger partial charge in [-0.05, 0) is 20.8 Å². The number of nitrogen functional groups attached to an aromatic ring is 1. The summed E-state index contributed by atoms with van der Waals surface area (Å²) in [4.78, 5) is 56.4. The first-order chi connectivity index (χ1) is 17.3. The Balaban J connectivity index is 2.08. The summed E-state index contributed by atoms with van der Waals surface area (Å²) in [5.41, 5.74) is 5.77. The number of fused-ring (bicyclic) bond motifs is 1. The van der Waals surface area contributed by atoms with E-state index in [0.29, 0.717) is 0 Å². The molecule has 1 amide bonds. The number of amides is 1. The molecule has 1 saturated heterocycles. The van der Waals surface area contributed by atoms with Gasteiger partial charge in [0.15, 0.2) is 18.4 Å². The van der Waals surface area contributed by atoms with Crippen LogP contribution in [-0.4, -0.2) is 69.1 Å². The molecule has 1 aliphatic heterocycles. The number of nitrogens with zero attached hydrogens (tertiary/aromatic N) is 3. The molecular weight excluding hydrogens is 490 g/mol. The van der Waals surface area contributed by atoms with E-state index < -0.39 is 54.1 Å². The van der Waals surface area contributed by atoms with Gasteiger partial charge in [0.2, 0.25) is 0 Å². The Morgan fingerprint density at radius 3 is 2.41 bits per heavy atom. The second kappa shape index (κ2) is 11.0. The maximum atomic E-state index is 12.5. The van der Waals surface area contributed by atoms with E-state index >= 15 is 0 Å². The van der Waals surface area contributed by atoms with Crippen molar-refractivity contribution in [2.45, 2.75) is 78.1 Å². The summed E-state index contributed by atoms with van der Waals surface area (Å²) in [7, 11) is 0. The number of hydrogen-bond donors (Lipinski definition) is 2. The summed E-state index contributed by atoms with van der Waals surface area (Å²) in [5.74, 6) is -1.76. The molecule has 14 heteroatoms. The van der Waals surface area contributed by atoms with Crippen molar-refractivity contribution in [1.29, 1.82) is 0 Å². The highest BCUT2D eigenvalue weighted by Gasteiger charge is 2.51. The Bertz CT molecular complexity index is 1190. The molecule has 37 heavy (non-hydrogen) atoms. The lowest BCUT2D eigenvalue weighted by Crippen LogP contribution is -2.40. The Hall–Kier alpha value is -3.94. The zero-order chi connectivity index (χ0) is 27.5. The van der Waals surface area contributed by atoms with Crippen LogP contribution in [-0.2, 0) is 38.1 Å². The van der Waals surface area contributed by atoms with Gasteiger partial charge in [0.25, 0.3) is 0 Å². The number of hydrogen-bond acceptors (Lipinski definition) is 12. The summed E-state index contributed by atoms with van der Waals surface area (Å²) >= 11 is 0. The van der Waals surface area contributed by atoms with Gasteiger partial charge in [0, 0.05) is 26.5 Å². The lowest BCUT2D eigenvalue weighted by molar-refractivity contribution is -0.167. The SMILES string of the molecule is CCC(=O)O[C@H]1[C@@H](OC(C)=O)[C@H](n2cc(NC(=O)OC(C)(C)C)c3c(N)ncnc32)O[C@@H]1COC(C)=O. The number of anilines is 2. The van der Waals surface area contributed by atoms with Gasteiger partial charge in [0.05, 0.1) is 11.1 Å². The van der Waals surface area contributed by atoms with E-state index in [4.69, 9.17) is 29.4 Å². The first-order valence-electron chi connectivity index (χ1n) is 11.6. The van der Waals surface area contributed by atoms with E-state index in [0.717, 1.165) is 0 Å². The Morgan fingerprint density at radius 2 is 1.81 bits per heavy atom. The molecule has 0 saturated carbocycles. The van der Waals surface area contributed by atoms with E-state index in [-0.39, 0.29) is 35.6 Å². The van der Waals surface area contributed by atoms with Crippen molar-refractivity contribution < 1.29 is 42.9 Å². The molecule has 2 aromatic heterocycles. The van der Waals surface area contributed by atoms with Crippen LogP contribution in [0.5, 0.6) is 0 Å². The third-order valence-corrected chi connectivity index (χ3v) is 5.14. The molecule has 3 rings (SSSR count). The van der Waals surface area contributed by atoms with Gasteiger partial charge in [-0.1, -0.05) is 6.92 Å². The molecule has 2 aromatic rings. The zero-order valence-electron chi connectivity index (χ0n) is 21.5. The predicted molar refractivity (Wildman–Crippen MR) is 128 cm³/mol. The zero-order valence-corrected chi connectivity index (χ0v) is 21.5. The van der Waals surface area contributed by atoms with Crippen molar-refractivity contribution in [3.63, 3.8) is 0 Å². The molecule has 0 radical (unpaired) electrons. The van der Waals surface area contributed by atoms with E-state index in [1.807, 2.05) is 0 Å². The van der Waals surface area contributed by atoms with E-state index in [1.54, 1.807) is 27.7 Å². The summed E-state index contributed by atoms with van der Waals surface area (Å²) in [6.07, 6.45) is -2.37. The molecule has 1 aliphatic rings. The number of nitrogens with one attached hydrogen (secondary N) is 1. The summed E-state index contributed by atoms with van der Waals surface area (Å²) in [5, 5.41) is 2.91. The number of nitrogens with two attached hydrogens (primary N) is 1. The van der Waals surface area contributed by atoms with E-state index in [2.05, 4.69) is 15.3 Å². The van der Waals surface area contributed by atoms with Crippen LogP contribution in [0.1, 0.15) is 54.2 Å². The number of esters is 3. The Kier molecular flexibility index (Phi) is 8.21. The number of rotatable bonds is 7. The second-order valence-corrected chi connectivity index (χ2v) is 9.28. The number of carbonyl (C=O) groups excluding carboxylic acids is 4. The predicted octanol–water partition coefficient (Wildman–Crippen LogP) is 2.07. The monoisotopic (exact) mass is 521 g/mol. The Labute approximate surface area is 212 Å². The van der Waals surface area contributed by atoms with Gasteiger partial charge < -0.3 is 34.0 Å². The van der Waals surface area contributed by atoms with Crippen LogP contribution < -0.4 is 11.1 Å². The van der Waals surface area contributed by atoms with Crippen LogP contribution in [0.2, 0.25) is 0 Å². The maximum Gasteiger partial charge on any atom is 0.412 e. The van der Waals surface area contributed by atoms with Gasteiger partial charge in [-0.25, -0.2) is 14.8 Å². The topological polar surface area (TPSA) is 183 Å². The maximum absolute atomic E-state index is 12.5. The molecule has 1 fully saturated rings. The fourth-order valence-corrected chi connectivity index (χ4v) is 3.77. The van der Waals surface area contributed by atoms with Gasteiger partial charge in [-0.2, -0.15) is 0 Å². The lowest BCUT2D eigenvalue weighted by atomic mass is 10.1. The molecule has 0 aliphatic carbocycles. The molecule has 0 unspecified atom stereocenters. The third kappa shape index (κ3) is 6.64. The second-order valence-electron chi connectivity index (χ2n) is 9.28. The highest BCUT2D eigenvalue weighted by Crippen LogP contribution is 2.39. The molecule has 0 aromatic carbocycles. The van der Waals surface area contributed by atoms with E-state index in [9.17, 15) is 19.2 Å². The smallest absolute Gasteiger partial charge is 0.412 e. The summed E-state index contributed by atoms with van der Waals surface area (Å²) < 4.78 is 29.1. The van der Waals surface area contributed by atoms with Crippen molar-refractivity contribution >= 4 is 46.5 Å². The lowest BCUT2D eigenvalue weighted by Gasteiger charge is -2.24. The van der Waals surface area contributed by atoms with Crippen LogP contribution in [0.15, 0.2) is 12.5 Å². The minimum Gasteiger partial charge on any atom is -0.463 e. The third-order valence-electron chi connectivity index (χ3n) is 5.14. The fraction of sp³-hybridized carbons (Fsp3) is 0.565. The first kappa shape index (κ1) is 27.6. The minimum absolute atomic E-state index is 0.0500. The van der Waals surface area contributed by atoms with Crippen molar-refractivity contribution in [3.8, 4) is 0 Å². The highest BCUT2D eigenvalue weighted by atomic mass is 16.7. The first-order valence-corrected chi connectivity index (χ1v) is 11.6. The number of carbonyl (C=O) groups is 4. The molecular formula is C23H31N5O9. The highest BCUT2D eigenvalue weighted by molar-refractivity contribution is 6.03. The van der Waals surface area contributed by atoms with Crippen molar-refractivity contribution in [2.24, 2.45) is 0 Å². The minimum atomic E-state index is -1.16. The van der Waals surface area contributed by atoms with Crippen LogP contribution in [0.25, 0.3) is 11.0 Å². The molecule has 3 N–H and O–H groups in total. The Morgan fingerprint density at radius 1 is 1.11 bits per heavy atom. The van der Waals surface area contributed by atoms with Crippen LogP contribution in [0.4, 0.5) is 16.3 Å². The molecule has 4 atom stereocenters. The summed E-state index contributed by atoms with van der Waals surface area (Å²) in [6.45, 7) is 8.88. The molecule has 3 heterocycles. The van der Waals surface area contributed by atoms with Gasteiger partial charge in [-0.15, -0.1) is 0 Å². The molecule has 0 spiro atoms. The van der Waals surface area contributed by atoms with Crippen LogP contribution >= 0.6 is 0 Å². The summed E-state index contributed by atoms with van der Waals surface area (Å²) in [6, 6.07) is 0. The molecule has 0 bridgehead atoms. The number of ether oxygens (including phenoxy) is 5. The fourth-order valence-electron chi connectivity index (χ4n) is 3.77. The van der Waals surface area contributed by atoms with Crippen molar-refractivity contribution in [3.05, 3.63) is 12.5 Å². The van der Waals surface area contributed by atoms with Crippen LogP contribution in [0.3, 0.4) is 0 Å². The average molecular weight is 522 g/mol. The normalized spacial score (nSPS) is 21.4. The number of aromatic nitrogens is 3. The average Bonchev–Trinajstić information content (AvgIpc) is 3.29. The van der Waals surface area contributed by atoms with E-state index in [1.165, 1.54) is 30.9 Å². The van der Waals surface area contributed by atoms with Crippen molar-refractivity contribution in [2.75, 3.05) is 17.7 Å². The molecule has 14 nitrogen and oxygen atoms in total. The van der Waals surface area contributed by atoms with Crippen molar-refractivity contribution in [1.82, 2.24) is 14.5 Å². The van der Waals surface area contributed by atoms with Gasteiger partial charge in [-0.3, -0.25) is 19.7 Å². The molecule has 202 valence electrons.